The molecule has 0 fully saturated rings. The van der Waals surface area contributed by atoms with E-state index >= 15 is 0 Å². The molecule has 0 aliphatic heterocycles. The Balaban J connectivity index is 1.98. The molecule has 0 bridgehead atoms. The number of hydrogen-bond donors (Lipinski definition) is 0. The lowest BCUT2D eigenvalue weighted by Gasteiger charge is -2.10. The van der Waals surface area contributed by atoms with Crippen LogP contribution in [0.4, 0.5) is 0 Å². The summed E-state index contributed by atoms with van der Waals surface area (Å²) in [5, 5.41) is 0.348. The predicted octanol–water partition coefficient (Wildman–Crippen LogP) is 4.63. The molecule has 0 radical (unpaired) electrons. The van der Waals surface area contributed by atoms with Crippen LogP contribution in [-0.4, -0.2) is 13.1 Å². The van der Waals surface area contributed by atoms with Crippen LogP contribution in [0.3, 0.4) is 0 Å². The smallest absolute Gasteiger partial charge is 0.337 e. The van der Waals surface area contributed by atoms with Gasteiger partial charge in [-0.15, -0.1) is 0 Å². The molecule has 134 valence electrons. The van der Waals surface area contributed by atoms with E-state index in [4.69, 9.17) is 13.9 Å². The summed E-state index contributed by atoms with van der Waals surface area (Å²) in [7, 11) is 1.30. The van der Waals surface area contributed by atoms with Crippen molar-refractivity contribution in [2.75, 3.05) is 7.11 Å². The average Bonchev–Trinajstić information content (AvgIpc) is 2.65. The van der Waals surface area contributed by atoms with Crippen LogP contribution in [0.25, 0.3) is 11.0 Å². The number of benzene rings is 2. The molecule has 3 aromatic rings. The summed E-state index contributed by atoms with van der Waals surface area (Å²) in [6.45, 7) is 3.78. The second-order valence-electron chi connectivity index (χ2n) is 6.02. The second kappa shape index (κ2) is 7.44. The third kappa shape index (κ3) is 3.47. The van der Waals surface area contributed by atoms with Crippen molar-refractivity contribution in [1.29, 1.82) is 0 Å². The molecule has 1 aromatic heterocycles. The first kappa shape index (κ1) is 17.7. The van der Waals surface area contributed by atoms with E-state index in [-0.39, 0.29) is 11.2 Å². The van der Waals surface area contributed by atoms with Crippen molar-refractivity contribution in [3.63, 3.8) is 0 Å². The molecule has 0 saturated carbocycles. The zero-order valence-corrected chi connectivity index (χ0v) is 15.0. The maximum absolute atomic E-state index is 12.8. The van der Waals surface area contributed by atoms with Crippen LogP contribution < -0.4 is 10.2 Å². The molecule has 0 aliphatic rings. The highest BCUT2D eigenvalue weighted by Crippen LogP contribution is 2.26. The molecule has 0 aliphatic carbocycles. The van der Waals surface area contributed by atoms with Gasteiger partial charge in [-0.25, -0.2) is 4.79 Å². The number of carbonyl (C=O) groups is 1. The lowest BCUT2D eigenvalue weighted by Crippen LogP contribution is -2.08. The highest BCUT2D eigenvalue weighted by Gasteiger charge is 2.16. The monoisotopic (exact) mass is 352 g/mol. The van der Waals surface area contributed by atoms with Gasteiger partial charge in [-0.1, -0.05) is 25.5 Å². The van der Waals surface area contributed by atoms with Crippen molar-refractivity contribution >= 4 is 16.9 Å². The molecule has 5 nitrogen and oxygen atoms in total. The highest BCUT2D eigenvalue weighted by atomic mass is 16.5. The van der Waals surface area contributed by atoms with Crippen LogP contribution in [0.2, 0.25) is 0 Å². The van der Waals surface area contributed by atoms with E-state index in [2.05, 4.69) is 6.92 Å². The van der Waals surface area contributed by atoms with E-state index in [1.807, 2.05) is 24.3 Å². The molecule has 26 heavy (non-hydrogen) atoms. The van der Waals surface area contributed by atoms with Crippen molar-refractivity contribution in [3.05, 3.63) is 69.6 Å². The molecule has 0 atom stereocenters. The van der Waals surface area contributed by atoms with Gasteiger partial charge >= 0.3 is 5.97 Å². The molecule has 5 heteroatoms. The Morgan fingerprint density at radius 3 is 2.50 bits per heavy atom. The number of rotatable bonds is 5. The summed E-state index contributed by atoms with van der Waals surface area (Å²) in [5.41, 5.74) is 1.58. The summed E-state index contributed by atoms with van der Waals surface area (Å²) in [6, 6.07) is 12.2. The Kier molecular flexibility index (Phi) is 5.07. The van der Waals surface area contributed by atoms with E-state index in [1.54, 1.807) is 13.0 Å². The summed E-state index contributed by atoms with van der Waals surface area (Å²) < 4.78 is 16.2. The standard InChI is InChI=1S/C21H20O5/c1-4-5-14-6-9-16(10-7-14)26-20-13(2)25-18-12-15(21(23)24-3)8-11-17(18)19(20)22/h6-12H,4-5H2,1-3H3. The van der Waals surface area contributed by atoms with Crippen molar-refractivity contribution in [3.8, 4) is 11.5 Å². The van der Waals surface area contributed by atoms with Crippen molar-refractivity contribution in [2.24, 2.45) is 0 Å². The van der Waals surface area contributed by atoms with Gasteiger partial charge < -0.3 is 13.9 Å². The summed E-state index contributed by atoms with van der Waals surface area (Å²) in [4.78, 5) is 24.4. The average molecular weight is 352 g/mol. The third-order valence-electron chi connectivity index (χ3n) is 4.12. The minimum atomic E-state index is -0.486. The summed E-state index contributed by atoms with van der Waals surface area (Å²) in [6.07, 6.45) is 2.07. The van der Waals surface area contributed by atoms with Gasteiger partial charge in [0.05, 0.1) is 18.1 Å². The van der Waals surface area contributed by atoms with E-state index in [1.165, 1.54) is 24.8 Å². The minimum absolute atomic E-state index is 0.145. The topological polar surface area (TPSA) is 65.7 Å². The largest absolute Gasteiger partial charge is 0.465 e. The number of fused-ring (bicyclic) bond motifs is 1. The zero-order chi connectivity index (χ0) is 18.7. The molecule has 0 saturated heterocycles. The zero-order valence-electron chi connectivity index (χ0n) is 15.0. The van der Waals surface area contributed by atoms with Gasteiger partial charge in [-0.3, -0.25) is 4.79 Å². The number of esters is 1. The van der Waals surface area contributed by atoms with Gasteiger partial charge in [0, 0.05) is 0 Å². The number of methoxy groups -OCH3 is 1. The lowest BCUT2D eigenvalue weighted by molar-refractivity contribution is 0.0600. The van der Waals surface area contributed by atoms with Crippen LogP contribution in [0.15, 0.2) is 51.7 Å². The molecule has 0 spiro atoms. The Morgan fingerprint density at radius 2 is 1.85 bits per heavy atom. The van der Waals surface area contributed by atoms with Crippen molar-refractivity contribution in [1.82, 2.24) is 0 Å². The maximum Gasteiger partial charge on any atom is 0.337 e. The first-order valence-electron chi connectivity index (χ1n) is 8.46. The first-order valence-corrected chi connectivity index (χ1v) is 8.46. The van der Waals surface area contributed by atoms with Gasteiger partial charge in [0.25, 0.3) is 0 Å². The van der Waals surface area contributed by atoms with Gasteiger partial charge in [-0.05, 0) is 49.2 Å². The van der Waals surface area contributed by atoms with E-state index < -0.39 is 5.97 Å². The molecular weight excluding hydrogens is 332 g/mol. The molecule has 3 rings (SSSR count). The van der Waals surface area contributed by atoms with Crippen LogP contribution in [0.5, 0.6) is 11.5 Å². The third-order valence-corrected chi connectivity index (χ3v) is 4.12. The van der Waals surface area contributed by atoms with Gasteiger partial charge in [0.2, 0.25) is 11.2 Å². The maximum atomic E-state index is 12.8. The Labute approximate surface area is 151 Å². The minimum Gasteiger partial charge on any atom is -0.465 e. The normalized spacial score (nSPS) is 10.7. The van der Waals surface area contributed by atoms with Crippen molar-refractivity contribution in [2.45, 2.75) is 26.7 Å². The lowest BCUT2D eigenvalue weighted by atomic mass is 10.1. The number of carbonyl (C=O) groups excluding carboxylic acids is 1. The molecule has 0 unspecified atom stereocenters. The second-order valence-corrected chi connectivity index (χ2v) is 6.02. The van der Waals surface area contributed by atoms with Gasteiger partial charge in [0.1, 0.15) is 17.1 Å². The molecule has 2 aromatic carbocycles. The molecule has 0 amide bonds. The summed E-state index contributed by atoms with van der Waals surface area (Å²) >= 11 is 0. The van der Waals surface area contributed by atoms with Crippen LogP contribution in [-0.2, 0) is 11.2 Å². The number of aryl methyl sites for hydroxylation is 2. The Bertz CT molecular complexity index is 999. The van der Waals surface area contributed by atoms with E-state index in [0.29, 0.717) is 28.0 Å². The van der Waals surface area contributed by atoms with Crippen LogP contribution in [0.1, 0.15) is 35.0 Å². The molecule has 0 N–H and O–H groups in total. The Morgan fingerprint density at radius 1 is 1.12 bits per heavy atom. The van der Waals surface area contributed by atoms with Crippen LogP contribution >= 0.6 is 0 Å². The fourth-order valence-electron chi connectivity index (χ4n) is 2.78. The molecular formula is C21H20O5. The fourth-order valence-corrected chi connectivity index (χ4v) is 2.78. The van der Waals surface area contributed by atoms with Crippen molar-refractivity contribution < 1.29 is 18.7 Å². The number of ether oxygens (including phenoxy) is 2. The summed E-state index contributed by atoms with van der Waals surface area (Å²) in [5.74, 6) is 0.583. The first-order chi connectivity index (χ1) is 12.5. The Hall–Kier alpha value is -3.08. The highest BCUT2D eigenvalue weighted by molar-refractivity contribution is 5.93. The predicted molar refractivity (Wildman–Crippen MR) is 99.1 cm³/mol. The van der Waals surface area contributed by atoms with Gasteiger partial charge in [0.15, 0.2) is 0 Å². The SMILES string of the molecule is CCCc1ccc(Oc2c(C)oc3cc(C(=O)OC)ccc3c2=O)cc1. The quantitative estimate of drug-likeness (QED) is 0.626. The van der Waals surface area contributed by atoms with Crippen LogP contribution in [0, 0.1) is 6.92 Å². The van der Waals surface area contributed by atoms with Gasteiger partial charge in [-0.2, -0.15) is 0 Å². The molecule has 1 heterocycles. The fraction of sp³-hybridized carbons (Fsp3) is 0.238. The number of hydrogen-bond acceptors (Lipinski definition) is 5. The van der Waals surface area contributed by atoms with E-state index in [9.17, 15) is 9.59 Å². The van der Waals surface area contributed by atoms with E-state index in [0.717, 1.165) is 12.8 Å².